The van der Waals surface area contributed by atoms with Crippen molar-refractivity contribution in [1.29, 1.82) is 0 Å². The highest BCUT2D eigenvalue weighted by molar-refractivity contribution is 7.12. The van der Waals surface area contributed by atoms with Crippen LogP contribution in [0.1, 0.15) is 22.5 Å². The lowest BCUT2D eigenvalue weighted by Gasteiger charge is -2.31. The number of thiophene rings is 1. The molecular formula is C12H19ClN2O2S. The summed E-state index contributed by atoms with van der Waals surface area (Å²) in [5.41, 5.74) is 5.67. The largest absolute Gasteiger partial charge is 0.496 e. The van der Waals surface area contributed by atoms with Gasteiger partial charge in [-0.25, -0.2) is 0 Å². The van der Waals surface area contributed by atoms with Crippen molar-refractivity contribution in [3.63, 3.8) is 0 Å². The molecule has 2 N–H and O–H groups in total. The average Bonchev–Trinajstić information content (AvgIpc) is 2.86. The molecule has 2 rings (SSSR count). The van der Waals surface area contributed by atoms with Crippen LogP contribution in [0.3, 0.4) is 0 Å². The second-order valence-electron chi connectivity index (χ2n) is 4.35. The Balaban J connectivity index is 0.00000162. The monoisotopic (exact) mass is 290 g/mol. The molecule has 1 aromatic heterocycles. The minimum absolute atomic E-state index is 0. The number of likely N-dealkylation sites (tertiary alicyclic amines) is 1. The summed E-state index contributed by atoms with van der Waals surface area (Å²) in [5, 5.41) is 1.86. The summed E-state index contributed by atoms with van der Waals surface area (Å²) in [7, 11) is 1.61. The Morgan fingerprint density at radius 3 is 3.06 bits per heavy atom. The van der Waals surface area contributed by atoms with Gasteiger partial charge in [0.1, 0.15) is 5.75 Å². The Morgan fingerprint density at radius 1 is 1.67 bits per heavy atom. The van der Waals surface area contributed by atoms with Crippen molar-refractivity contribution in [2.24, 2.45) is 11.7 Å². The van der Waals surface area contributed by atoms with Crippen LogP contribution < -0.4 is 10.5 Å². The van der Waals surface area contributed by atoms with Crippen molar-refractivity contribution in [1.82, 2.24) is 4.90 Å². The first-order chi connectivity index (χ1) is 8.24. The molecule has 1 unspecified atom stereocenters. The maximum atomic E-state index is 12.2. The van der Waals surface area contributed by atoms with Crippen molar-refractivity contribution in [2.45, 2.75) is 12.8 Å². The molecule has 102 valence electrons. The van der Waals surface area contributed by atoms with Gasteiger partial charge in [0, 0.05) is 24.5 Å². The van der Waals surface area contributed by atoms with Gasteiger partial charge in [-0.15, -0.1) is 23.7 Å². The number of carbonyl (C=O) groups excluding carboxylic acids is 1. The van der Waals surface area contributed by atoms with E-state index in [1.165, 1.54) is 11.3 Å². The lowest BCUT2D eigenvalue weighted by atomic mass is 9.98. The van der Waals surface area contributed by atoms with Gasteiger partial charge in [-0.1, -0.05) is 0 Å². The predicted molar refractivity (Wildman–Crippen MR) is 75.8 cm³/mol. The van der Waals surface area contributed by atoms with E-state index in [4.69, 9.17) is 10.5 Å². The molecule has 1 aliphatic rings. The summed E-state index contributed by atoms with van der Waals surface area (Å²) in [4.78, 5) is 14.9. The summed E-state index contributed by atoms with van der Waals surface area (Å²) < 4.78 is 5.09. The molecule has 1 aromatic rings. The fourth-order valence-corrected chi connectivity index (χ4v) is 2.96. The van der Waals surface area contributed by atoms with E-state index in [0.29, 0.717) is 12.5 Å². The first-order valence-corrected chi connectivity index (χ1v) is 6.74. The molecule has 0 spiro atoms. The summed E-state index contributed by atoms with van der Waals surface area (Å²) in [6, 6.07) is 1.80. The SMILES string of the molecule is COc1csc(C(=O)N2CCCC(CN)C2)c1.Cl. The molecule has 4 nitrogen and oxygen atoms in total. The third-order valence-electron chi connectivity index (χ3n) is 3.16. The number of nitrogens with zero attached hydrogens (tertiary/aromatic N) is 1. The van der Waals surface area contributed by atoms with Gasteiger partial charge in [-0.05, 0) is 25.3 Å². The van der Waals surface area contributed by atoms with Crippen molar-refractivity contribution in [3.05, 3.63) is 16.3 Å². The molecule has 1 atom stereocenters. The Hall–Kier alpha value is -0.780. The molecule has 0 bridgehead atoms. The molecule has 0 radical (unpaired) electrons. The molecule has 1 amide bonds. The number of hydrogen-bond donors (Lipinski definition) is 1. The second-order valence-corrected chi connectivity index (χ2v) is 5.26. The number of ether oxygens (including phenoxy) is 1. The second kappa shape index (κ2) is 6.97. The average molecular weight is 291 g/mol. The molecule has 0 saturated carbocycles. The van der Waals surface area contributed by atoms with Crippen LogP contribution in [-0.4, -0.2) is 37.6 Å². The number of methoxy groups -OCH3 is 1. The van der Waals surface area contributed by atoms with E-state index in [-0.39, 0.29) is 18.3 Å². The van der Waals surface area contributed by atoms with Gasteiger partial charge in [-0.3, -0.25) is 4.79 Å². The van der Waals surface area contributed by atoms with Crippen molar-refractivity contribution in [2.75, 3.05) is 26.7 Å². The molecule has 1 saturated heterocycles. The van der Waals surface area contributed by atoms with Crippen LogP contribution in [0.2, 0.25) is 0 Å². The maximum absolute atomic E-state index is 12.2. The van der Waals surface area contributed by atoms with E-state index < -0.39 is 0 Å². The van der Waals surface area contributed by atoms with E-state index in [1.54, 1.807) is 13.2 Å². The molecule has 2 heterocycles. The smallest absolute Gasteiger partial charge is 0.264 e. The van der Waals surface area contributed by atoms with Crippen molar-refractivity contribution in [3.8, 4) is 5.75 Å². The van der Waals surface area contributed by atoms with Gasteiger partial charge in [0.25, 0.3) is 5.91 Å². The van der Waals surface area contributed by atoms with Crippen molar-refractivity contribution >= 4 is 29.7 Å². The summed E-state index contributed by atoms with van der Waals surface area (Å²) in [6.45, 7) is 2.29. The first-order valence-electron chi connectivity index (χ1n) is 5.86. The molecule has 1 fully saturated rings. The van der Waals surface area contributed by atoms with Gasteiger partial charge in [0.2, 0.25) is 0 Å². The summed E-state index contributed by atoms with van der Waals surface area (Å²) >= 11 is 1.44. The van der Waals surface area contributed by atoms with Gasteiger partial charge >= 0.3 is 0 Å². The standard InChI is InChI=1S/C12H18N2O2S.ClH/c1-16-10-5-11(17-8-10)12(15)14-4-2-3-9(6-13)7-14;/h5,8-9H,2-4,6-7,13H2,1H3;1H. The lowest BCUT2D eigenvalue weighted by molar-refractivity contribution is 0.0683. The number of piperidine rings is 1. The molecular weight excluding hydrogens is 272 g/mol. The number of nitrogens with two attached hydrogens (primary N) is 1. The summed E-state index contributed by atoms with van der Waals surface area (Å²) in [6.07, 6.45) is 2.18. The van der Waals surface area contributed by atoms with E-state index in [1.807, 2.05) is 10.3 Å². The quantitative estimate of drug-likeness (QED) is 0.926. The third-order valence-corrected chi connectivity index (χ3v) is 4.06. The van der Waals surface area contributed by atoms with Crippen LogP contribution in [0.5, 0.6) is 5.75 Å². The molecule has 6 heteroatoms. The number of rotatable bonds is 3. The van der Waals surface area contributed by atoms with E-state index in [0.717, 1.165) is 36.6 Å². The maximum Gasteiger partial charge on any atom is 0.264 e. The normalized spacial score (nSPS) is 19.2. The van der Waals surface area contributed by atoms with Crippen molar-refractivity contribution < 1.29 is 9.53 Å². The zero-order valence-corrected chi connectivity index (χ0v) is 12.1. The molecule has 0 aliphatic carbocycles. The molecule has 1 aliphatic heterocycles. The fraction of sp³-hybridized carbons (Fsp3) is 0.583. The number of hydrogen-bond acceptors (Lipinski definition) is 4. The fourth-order valence-electron chi connectivity index (χ4n) is 2.14. The number of amides is 1. The van der Waals surface area contributed by atoms with Gasteiger partial charge < -0.3 is 15.4 Å². The molecule has 18 heavy (non-hydrogen) atoms. The highest BCUT2D eigenvalue weighted by atomic mass is 35.5. The highest BCUT2D eigenvalue weighted by Crippen LogP contribution is 2.24. The minimum Gasteiger partial charge on any atom is -0.496 e. The Morgan fingerprint density at radius 2 is 2.44 bits per heavy atom. The van der Waals surface area contributed by atoms with E-state index >= 15 is 0 Å². The van der Waals surface area contributed by atoms with Crippen LogP contribution >= 0.6 is 23.7 Å². The van der Waals surface area contributed by atoms with Crippen LogP contribution in [0, 0.1) is 5.92 Å². The van der Waals surface area contributed by atoms with Gasteiger partial charge in [0.15, 0.2) is 0 Å². The minimum atomic E-state index is 0. The summed E-state index contributed by atoms with van der Waals surface area (Å²) in [5.74, 6) is 1.32. The Labute approximate surface area is 118 Å². The molecule has 0 aromatic carbocycles. The van der Waals surface area contributed by atoms with Crippen LogP contribution in [0.4, 0.5) is 0 Å². The van der Waals surface area contributed by atoms with Crippen LogP contribution in [0.15, 0.2) is 11.4 Å². The zero-order chi connectivity index (χ0) is 12.3. The number of carbonyl (C=O) groups is 1. The zero-order valence-electron chi connectivity index (χ0n) is 10.4. The highest BCUT2D eigenvalue weighted by Gasteiger charge is 2.24. The van der Waals surface area contributed by atoms with Gasteiger partial charge in [0.05, 0.1) is 12.0 Å². The lowest BCUT2D eigenvalue weighted by Crippen LogP contribution is -2.41. The predicted octanol–water partition coefficient (Wildman–Crippen LogP) is 1.99. The van der Waals surface area contributed by atoms with E-state index in [2.05, 4.69) is 0 Å². The van der Waals surface area contributed by atoms with Crippen LogP contribution in [0.25, 0.3) is 0 Å². The number of halogens is 1. The third kappa shape index (κ3) is 3.37. The van der Waals surface area contributed by atoms with Gasteiger partial charge in [-0.2, -0.15) is 0 Å². The Kier molecular flexibility index (Phi) is 5.91. The Bertz CT molecular complexity index is 397. The van der Waals surface area contributed by atoms with E-state index in [9.17, 15) is 4.79 Å². The topological polar surface area (TPSA) is 55.6 Å². The first kappa shape index (κ1) is 15.3. The van der Waals surface area contributed by atoms with Crippen LogP contribution in [-0.2, 0) is 0 Å².